The van der Waals surface area contributed by atoms with Crippen LogP contribution in [0.5, 0.6) is 0 Å². The van der Waals surface area contributed by atoms with Crippen molar-refractivity contribution in [3.63, 3.8) is 0 Å². The zero-order valence-electron chi connectivity index (χ0n) is 12.3. The Balaban J connectivity index is 6.57. The average Bonchev–Trinajstić information content (AvgIpc) is 2.27. The Hall–Kier alpha value is -0.113. The molecule has 0 heterocycles. The molecule has 16 heteroatoms. The van der Waals surface area contributed by atoms with Crippen LogP contribution in [0.2, 0.25) is 12.6 Å². The van der Waals surface area contributed by atoms with Crippen molar-refractivity contribution in [2.75, 3.05) is 0 Å². The summed E-state index contributed by atoms with van der Waals surface area (Å²) in [4.78, 5) is 0. The van der Waals surface area contributed by atoms with Crippen LogP contribution in [0, 0.1) is 5.41 Å². The van der Waals surface area contributed by atoms with E-state index in [1.54, 1.807) is 0 Å². The minimum absolute atomic E-state index is 0.891. The van der Waals surface area contributed by atoms with E-state index in [1.165, 1.54) is 0 Å². The van der Waals surface area contributed by atoms with E-state index in [0.717, 1.165) is 6.55 Å². The van der Waals surface area contributed by atoms with Gasteiger partial charge in [0.1, 0.15) is 0 Å². The van der Waals surface area contributed by atoms with Crippen molar-refractivity contribution in [1.82, 2.24) is 0 Å². The predicted molar refractivity (Wildman–Crippen MR) is 67.9 cm³/mol. The second-order valence-corrected chi connectivity index (χ2v) is 13.7. The Morgan fingerprint density at radius 1 is 0.615 bits per heavy atom. The van der Waals surface area contributed by atoms with E-state index in [0.29, 0.717) is 0 Å². The highest BCUT2D eigenvalue weighted by Crippen LogP contribution is 2.67. The third-order valence-electron chi connectivity index (χ3n) is 3.42. The molecule has 0 fully saturated rings. The van der Waals surface area contributed by atoms with Crippen molar-refractivity contribution in [3.8, 4) is 0 Å². The Bertz CT molecular complexity index is 471. The van der Waals surface area contributed by atoms with Crippen LogP contribution in [0.25, 0.3) is 0 Å². The van der Waals surface area contributed by atoms with Crippen LogP contribution in [0.1, 0.15) is 12.8 Å². The molecule has 0 aliphatic carbocycles. The fourth-order valence-corrected chi connectivity index (χ4v) is 3.67. The number of rotatable bonds is 6. The molecule has 26 heavy (non-hydrogen) atoms. The lowest BCUT2D eigenvalue weighted by Gasteiger charge is -2.45. The predicted octanol–water partition coefficient (Wildman–Crippen LogP) is 7.26. The highest BCUT2D eigenvalue weighted by Gasteiger charge is 2.91. The Kier molecular flexibility index (Phi) is 7.02. The van der Waals surface area contributed by atoms with Crippen molar-refractivity contribution in [3.05, 3.63) is 0 Å². The van der Waals surface area contributed by atoms with Crippen molar-refractivity contribution in [2.24, 2.45) is 5.41 Å². The molecule has 0 saturated carbocycles. The summed E-state index contributed by atoms with van der Waals surface area (Å²) in [5.41, 5.74) is -6.67. The van der Waals surface area contributed by atoms with Crippen LogP contribution in [-0.4, -0.2) is 37.1 Å². The molecule has 0 saturated heterocycles. The van der Waals surface area contributed by atoms with Crippen molar-refractivity contribution >= 4 is 28.9 Å². The minimum atomic E-state index is -7.62. The minimum Gasteiger partial charge on any atom is -0.198 e. The molecule has 0 aromatic heterocycles. The lowest BCUT2D eigenvalue weighted by Crippen LogP contribution is -2.70. The zero-order chi connectivity index (χ0) is 21.6. The van der Waals surface area contributed by atoms with E-state index in [-0.39, 0.29) is 0 Å². The van der Waals surface area contributed by atoms with Gasteiger partial charge in [-0.05, 0) is 19.0 Å². The maximum absolute atomic E-state index is 13.7. The van der Waals surface area contributed by atoms with Gasteiger partial charge >= 0.3 is 30.4 Å². The Morgan fingerprint density at radius 2 is 0.962 bits per heavy atom. The summed E-state index contributed by atoms with van der Waals surface area (Å²) in [6, 6.07) is -0.891. The largest absolute Gasteiger partial charge is 0.459 e. The highest BCUT2D eigenvalue weighted by molar-refractivity contribution is 7.44. The van der Waals surface area contributed by atoms with Crippen LogP contribution in [0.15, 0.2) is 0 Å². The molecule has 0 aliphatic heterocycles. The summed E-state index contributed by atoms with van der Waals surface area (Å²) in [6.45, 7) is -2.49. The third kappa shape index (κ3) is 4.47. The topological polar surface area (TPSA) is 0 Å². The van der Waals surface area contributed by atoms with Crippen LogP contribution in [0.3, 0.4) is 0 Å². The molecule has 0 aromatic rings. The van der Waals surface area contributed by atoms with Gasteiger partial charge in [0.2, 0.25) is 12.1 Å². The van der Waals surface area contributed by atoms with Gasteiger partial charge in [-0.2, -0.15) is 57.1 Å². The zero-order valence-corrected chi connectivity index (χ0v) is 14.8. The summed E-state index contributed by atoms with van der Waals surface area (Å²) in [6.07, 6.45) is -26.1. The van der Waals surface area contributed by atoms with Crippen LogP contribution in [0.4, 0.5) is 57.1 Å². The van der Waals surface area contributed by atoms with Gasteiger partial charge in [-0.1, -0.05) is 6.42 Å². The first-order valence-corrected chi connectivity index (χ1v) is 11.0. The maximum atomic E-state index is 13.7. The molecule has 158 valence electrons. The van der Waals surface area contributed by atoms with Gasteiger partial charge in [-0.15, -0.1) is 22.2 Å². The van der Waals surface area contributed by atoms with Gasteiger partial charge in [-0.3, -0.25) is 0 Å². The smallest absolute Gasteiger partial charge is 0.198 e. The summed E-state index contributed by atoms with van der Waals surface area (Å²) >= 11 is 10.8. The van der Waals surface area contributed by atoms with E-state index >= 15 is 0 Å². The van der Waals surface area contributed by atoms with Crippen LogP contribution in [-0.2, 0) is 0 Å². The van der Waals surface area contributed by atoms with E-state index < -0.39 is 61.4 Å². The molecule has 0 unspecified atom stereocenters. The van der Waals surface area contributed by atoms with Crippen LogP contribution < -0.4 is 0 Å². The monoisotopic (exact) mass is 474 g/mol. The molecule has 0 N–H and O–H groups in total. The van der Waals surface area contributed by atoms with Gasteiger partial charge in [0.15, 0.2) is 0 Å². The van der Waals surface area contributed by atoms with Gasteiger partial charge in [0.05, 0.1) is 0 Å². The molecule has 0 amide bonds. The maximum Gasteiger partial charge on any atom is 0.459 e. The molecular formula is C10H9Cl2F13Si. The van der Waals surface area contributed by atoms with Gasteiger partial charge in [0.25, 0.3) is 0 Å². The number of alkyl halides is 13. The number of hydrogen-bond acceptors (Lipinski definition) is 0. The molecule has 0 atom stereocenters. The molecule has 0 bridgehead atoms. The van der Waals surface area contributed by atoms with E-state index in [4.69, 9.17) is 22.2 Å². The fourth-order valence-electron chi connectivity index (χ4n) is 2.07. The molecule has 0 rings (SSSR count). The Morgan fingerprint density at radius 3 is 1.19 bits per heavy atom. The summed E-state index contributed by atoms with van der Waals surface area (Å²) in [5.74, 6) is -15.2. The highest BCUT2D eigenvalue weighted by atomic mass is 35.7. The first-order chi connectivity index (χ1) is 11.0. The molecular weight excluding hydrogens is 466 g/mol. The molecule has 0 aromatic carbocycles. The van der Waals surface area contributed by atoms with E-state index in [1.807, 2.05) is 0 Å². The number of halogens is 15. The molecule has 0 radical (unpaired) electrons. The normalized spacial score (nSPS) is 16.2. The quantitative estimate of drug-likeness (QED) is 0.216. The third-order valence-corrected chi connectivity index (χ3v) is 5.79. The van der Waals surface area contributed by atoms with Crippen molar-refractivity contribution in [2.45, 2.75) is 55.8 Å². The molecule has 0 nitrogen and oxygen atoms in total. The standard InChI is InChI=1S/C10H9Cl2F13Si/c1-26(11,12)4-2-3-5(8(17,18)19,9(20,21)22)6(13,14)7(15,16)10(23,24)25/h2-4H2,1H3. The molecule has 0 aliphatic rings. The molecule has 0 spiro atoms. The second kappa shape index (κ2) is 7.05. The van der Waals surface area contributed by atoms with Gasteiger partial charge < -0.3 is 0 Å². The van der Waals surface area contributed by atoms with Crippen LogP contribution >= 0.6 is 22.2 Å². The summed E-state index contributed by atoms with van der Waals surface area (Å²) in [7, 11) is 0. The van der Waals surface area contributed by atoms with E-state index in [2.05, 4.69) is 0 Å². The first kappa shape index (κ1) is 25.9. The SMILES string of the molecule is C[Si](Cl)(Cl)CCCC(C(F)(F)F)(C(F)(F)F)C(F)(F)C(F)(F)C(F)(F)F. The van der Waals surface area contributed by atoms with Gasteiger partial charge in [0, 0.05) is 0 Å². The summed E-state index contributed by atoms with van der Waals surface area (Å²) < 4.78 is 167. The lowest BCUT2D eigenvalue weighted by atomic mass is 9.72. The van der Waals surface area contributed by atoms with Gasteiger partial charge in [-0.25, -0.2) is 0 Å². The van der Waals surface area contributed by atoms with Crippen molar-refractivity contribution in [1.29, 1.82) is 0 Å². The fraction of sp³-hybridized carbons (Fsp3) is 1.00. The van der Waals surface area contributed by atoms with Crippen molar-refractivity contribution < 1.29 is 57.1 Å². The number of hydrogen-bond donors (Lipinski definition) is 0. The average molecular weight is 475 g/mol. The second-order valence-electron chi connectivity index (χ2n) is 5.47. The summed E-state index contributed by atoms with van der Waals surface area (Å²) in [5, 5.41) is 0. The first-order valence-electron chi connectivity index (χ1n) is 6.29. The lowest BCUT2D eigenvalue weighted by molar-refractivity contribution is -0.461. The van der Waals surface area contributed by atoms with E-state index in [9.17, 15) is 57.1 Å². The Labute approximate surface area is 148 Å².